The monoisotopic (exact) mass is 577 g/mol. The number of carbonyl (C=O) groups is 2. The Kier molecular flexibility index (Phi) is 6.68. The van der Waals surface area contributed by atoms with E-state index in [1.165, 1.54) is 6.11 Å². The molecule has 0 heterocycles. The molecule has 0 aliphatic heterocycles. The van der Waals surface area contributed by atoms with Gasteiger partial charge < -0.3 is 9.94 Å². The molecule has 1 amide bonds. The molecule has 5 rings (SSSR count). The van der Waals surface area contributed by atoms with Crippen molar-refractivity contribution in [2.24, 2.45) is 50.2 Å². The number of alkyl halides is 3. The summed E-state index contributed by atoms with van der Waals surface area (Å²) < 4.78 is 41.3. The molecule has 228 valence electrons. The number of carbonyl (C=O) groups excluding carboxylic acids is 2. The Morgan fingerprint density at radius 1 is 1.02 bits per heavy atom. The molecule has 0 bridgehead atoms. The van der Waals surface area contributed by atoms with Crippen molar-refractivity contribution in [3.63, 3.8) is 0 Å². The molecular formula is C33H46F3NO4. The Morgan fingerprint density at radius 3 is 2.27 bits per heavy atom. The van der Waals surface area contributed by atoms with Crippen molar-refractivity contribution in [2.75, 3.05) is 0 Å². The van der Waals surface area contributed by atoms with Crippen LogP contribution >= 0.6 is 0 Å². The molecule has 8 heteroatoms. The second kappa shape index (κ2) is 9.00. The van der Waals surface area contributed by atoms with Gasteiger partial charge in [0.1, 0.15) is 6.11 Å². The van der Waals surface area contributed by atoms with E-state index in [4.69, 9.17) is 6.42 Å². The first-order valence-corrected chi connectivity index (χ1v) is 15.2. The van der Waals surface area contributed by atoms with Gasteiger partial charge in [0.15, 0.2) is 5.78 Å². The first kappa shape index (κ1) is 30.4. The molecule has 9 atom stereocenters. The average Bonchev–Trinajstić information content (AvgIpc) is 2.86. The van der Waals surface area contributed by atoms with Crippen molar-refractivity contribution >= 4 is 11.7 Å². The van der Waals surface area contributed by atoms with Gasteiger partial charge in [-0.2, -0.15) is 0 Å². The molecule has 5 aliphatic rings. The summed E-state index contributed by atoms with van der Waals surface area (Å²) in [6.07, 6.45) is 9.02. The number of ketones is 1. The first-order chi connectivity index (χ1) is 18.7. The summed E-state index contributed by atoms with van der Waals surface area (Å²) in [4.78, 5) is 32.1. The summed E-state index contributed by atoms with van der Waals surface area (Å²) in [7, 11) is 0. The minimum absolute atomic E-state index is 0.106. The lowest BCUT2D eigenvalue weighted by molar-refractivity contribution is -0.334. The maximum Gasteiger partial charge on any atom is 0.520 e. The van der Waals surface area contributed by atoms with Crippen LogP contribution in [0.1, 0.15) is 106 Å². The third-order valence-electron chi connectivity index (χ3n) is 13.6. The highest BCUT2D eigenvalue weighted by molar-refractivity contribution is 5.95. The molecule has 4 saturated carbocycles. The fraction of sp³-hybridized carbons (Fsp3) is 0.818. The third-order valence-corrected chi connectivity index (χ3v) is 13.6. The van der Waals surface area contributed by atoms with Gasteiger partial charge in [-0.1, -0.05) is 65.5 Å². The number of hydrogen-bond acceptors (Lipinski definition) is 4. The smallest absolute Gasteiger partial charge is 0.393 e. The summed E-state index contributed by atoms with van der Waals surface area (Å²) in [5, 5.41) is 10.3. The third kappa shape index (κ3) is 3.99. The van der Waals surface area contributed by atoms with Gasteiger partial charge in [0.05, 0.1) is 11.5 Å². The molecule has 1 N–H and O–H groups in total. The lowest BCUT2D eigenvalue weighted by Crippen LogP contribution is -2.66. The van der Waals surface area contributed by atoms with Gasteiger partial charge in [-0.05, 0) is 103 Å². The van der Waals surface area contributed by atoms with Crippen LogP contribution < -0.4 is 0 Å². The van der Waals surface area contributed by atoms with Crippen LogP contribution in [0.5, 0.6) is 0 Å². The Bertz CT molecular complexity index is 1220. The lowest BCUT2D eigenvalue weighted by atomic mass is 9.33. The van der Waals surface area contributed by atoms with Crippen LogP contribution in [0, 0.1) is 62.8 Å². The number of halogens is 3. The molecule has 0 saturated heterocycles. The van der Waals surface area contributed by atoms with Crippen LogP contribution in [0.4, 0.5) is 13.2 Å². The molecule has 0 aromatic rings. The molecule has 0 aromatic heterocycles. The molecule has 0 aromatic carbocycles. The molecule has 0 radical (unpaired) electrons. The van der Waals surface area contributed by atoms with Crippen LogP contribution in [0.3, 0.4) is 0 Å². The van der Waals surface area contributed by atoms with Crippen LogP contribution in [0.15, 0.2) is 11.6 Å². The predicted molar refractivity (Wildman–Crippen MR) is 148 cm³/mol. The highest BCUT2D eigenvalue weighted by atomic mass is 19.4. The van der Waals surface area contributed by atoms with Crippen molar-refractivity contribution in [1.82, 2.24) is 5.06 Å². The molecule has 5 nitrogen and oxygen atoms in total. The number of aliphatic hydroxyl groups is 1. The van der Waals surface area contributed by atoms with Gasteiger partial charge in [-0.15, -0.1) is 13.2 Å². The van der Waals surface area contributed by atoms with Crippen LogP contribution in [0.25, 0.3) is 0 Å². The van der Waals surface area contributed by atoms with Gasteiger partial charge >= 0.3 is 6.30 Å². The van der Waals surface area contributed by atoms with E-state index >= 15 is 0 Å². The van der Waals surface area contributed by atoms with Gasteiger partial charge in [0, 0.05) is 5.92 Å². The van der Waals surface area contributed by atoms with Gasteiger partial charge in [-0.3, -0.25) is 9.59 Å². The van der Waals surface area contributed by atoms with E-state index in [1.807, 2.05) is 6.08 Å². The SMILES string of the molecule is C#CON(C(=O)[C@@]1(C)CC[C@]2(C)CC[C@]3(C)C(=CC(=O)[C@@H]4[C@@]5(C)CC[C@H](O)C(C)(C)C5CC[C@]43C)[C@@H]2C1)C(F)(F)F. The number of terminal acetylenes is 1. The Morgan fingerprint density at radius 2 is 1.66 bits per heavy atom. The molecular weight excluding hydrogens is 531 g/mol. The average molecular weight is 578 g/mol. The van der Waals surface area contributed by atoms with E-state index in [0.717, 1.165) is 37.7 Å². The van der Waals surface area contributed by atoms with Crippen molar-refractivity contribution in [3.8, 4) is 12.5 Å². The second-order valence-electron chi connectivity index (χ2n) is 15.9. The number of amides is 1. The highest BCUT2D eigenvalue weighted by Gasteiger charge is 2.70. The van der Waals surface area contributed by atoms with Crippen molar-refractivity contribution in [2.45, 2.75) is 119 Å². The maximum absolute atomic E-state index is 14.4. The number of allylic oxidation sites excluding steroid dienone is 2. The summed E-state index contributed by atoms with van der Waals surface area (Å²) in [6.45, 7) is 14.8. The molecule has 1 unspecified atom stereocenters. The number of fused-ring (bicyclic) bond motifs is 7. The summed E-state index contributed by atoms with van der Waals surface area (Å²) in [5.41, 5.74) is -1.75. The standard InChI is InChI=1S/C33H46F3NO4/c1-9-41-37(33(34,35)36)26(40)29(5)15-14-28(4)16-17-31(7)20(21(28)19-29)18-22(38)25-30(6)12-11-24(39)27(2,3)23(30)10-13-32(25,31)8/h1,18,21,23-25,39H,10-17,19H2,2-8H3/t21-,23?,24-,25+,28+,29-,30-,31+,32+/m0/s1. The van der Waals surface area contributed by atoms with E-state index in [9.17, 15) is 27.9 Å². The zero-order valence-corrected chi connectivity index (χ0v) is 25.6. The molecule has 41 heavy (non-hydrogen) atoms. The van der Waals surface area contributed by atoms with Gasteiger partial charge in [0.2, 0.25) is 0 Å². The Hall–Kier alpha value is -2.01. The number of aliphatic hydroxyl groups excluding tert-OH is 1. The minimum atomic E-state index is -5.06. The lowest BCUT2D eigenvalue weighted by Gasteiger charge is -2.70. The fourth-order valence-corrected chi connectivity index (χ4v) is 10.9. The topological polar surface area (TPSA) is 66.8 Å². The predicted octanol–water partition coefficient (Wildman–Crippen LogP) is 7.20. The van der Waals surface area contributed by atoms with Crippen LogP contribution in [-0.4, -0.2) is 34.3 Å². The summed E-state index contributed by atoms with van der Waals surface area (Å²) in [6, 6.07) is 0. The largest absolute Gasteiger partial charge is 0.520 e. The van der Waals surface area contributed by atoms with E-state index in [2.05, 4.69) is 46.4 Å². The number of hydrogen-bond donors (Lipinski definition) is 1. The fourth-order valence-electron chi connectivity index (χ4n) is 10.9. The molecule has 4 fully saturated rings. The van der Waals surface area contributed by atoms with E-state index in [-0.39, 0.29) is 63.5 Å². The normalized spacial score (nSPS) is 47.0. The second-order valence-corrected chi connectivity index (χ2v) is 15.9. The van der Waals surface area contributed by atoms with Crippen molar-refractivity contribution < 1.29 is 32.7 Å². The number of rotatable bonds is 2. The maximum atomic E-state index is 14.4. The molecule has 5 aliphatic carbocycles. The Labute approximate surface area is 242 Å². The van der Waals surface area contributed by atoms with E-state index in [1.54, 1.807) is 6.92 Å². The summed E-state index contributed by atoms with van der Waals surface area (Å²) in [5.74, 6) is -1.26. The number of nitrogens with zero attached hydrogens (tertiary/aromatic N) is 1. The highest BCUT2D eigenvalue weighted by Crippen LogP contribution is 2.75. The van der Waals surface area contributed by atoms with Crippen molar-refractivity contribution in [3.05, 3.63) is 11.6 Å². The van der Waals surface area contributed by atoms with E-state index in [0.29, 0.717) is 12.8 Å². The van der Waals surface area contributed by atoms with Crippen LogP contribution in [-0.2, 0) is 14.4 Å². The quantitative estimate of drug-likeness (QED) is 0.214. The molecule has 0 spiro atoms. The zero-order chi connectivity index (χ0) is 30.6. The van der Waals surface area contributed by atoms with E-state index < -0.39 is 28.8 Å². The van der Waals surface area contributed by atoms with Crippen molar-refractivity contribution in [1.29, 1.82) is 0 Å². The number of hydroxylamine groups is 2. The van der Waals surface area contributed by atoms with Gasteiger partial charge in [0.25, 0.3) is 5.91 Å². The zero-order valence-electron chi connectivity index (χ0n) is 25.6. The minimum Gasteiger partial charge on any atom is -0.393 e. The Balaban J connectivity index is 1.57. The van der Waals surface area contributed by atoms with Gasteiger partial charge in [-0.25, -0.2) is 0 Å². The first-order valence-electron chi connectivity index (χ1n) is 15.2. The summed E-state index contributed by atoms with van der Waals surface area (Å²) >= 11 is 0. The van der Waals surface area contributed by atoms with Crippen LogP contribution in [0.2, 0.25) is 0 Å².